The van der Waals surface area contributed by atoms with Crippen LogP contribution in [0.5, 0.6) is 0 Å². The molecule has 0 unspecified atom stereocenters. The van der Waals surface area contributed by atoms with Crippen LogP contribution >= 0.6 is 46.6 Å². The monoisotopic (exact) mass is 522 g/mol. The maximum atomic E-state index is 13.6. The molecule has 0 amide bonds. The second kappa shape index (κ2) is 8.99. The molecule has 170 valence electrons. The summed E-state index contributed by atoms with van der Waals surface area (Å²) in [5.41, 5.74) is 2.72. The second-order valence-corrected chi connectivity index (χ2v) is 10.8. The summed E-state index contributed by atoms with van der Waals surface area (Å²) >= 11 is 21.4. The van der Waals surface area contributed by atoms with Crippen LogP contribution < -0.4 is 5.32 Å². The number of nitro benzene ring substituents is 1. The maximum absolute atomic E-state index is 13.6. The van der Waals surface area contributed by atoms with Crippen molar-refractivity contribution in [1.29, 1.82) is 0 Å². The Labute approximate surface area is 209 Å². The van der Waals surface area contributed by atoms with E-state index in [2.05, 4.69) is 5.32 Å². The van der Waals surface area contributed by atoms with Crippen LogP contribution in [0.3, 0.4) is 0 Å². The third-order valence-corrected chi connectivity index (χ3v) is 9.36. The number of halogens is 4. The summed E-state index contributed by atoms with van der Waals surface area (Å²) in [5.74, 6) is -0.268. The van der Waals surface area contributed by atoms with E-state index >= 15 is 0 Å². The van der Waals surface area contributed by atoms with Crippen molar-refractivity contribution in [2.75, 3.05) is 5.32 Å². The highest BCUT2D eigenvalue weighted by molar-refractivity contribution is 8.00. The molecule has 9 heteroatoms. The lowest BCUT2D eigenvalue weighted by Crippen LogP contribution is -2.31. The van der Waals surface area contributed by atoms with Crippen LogP contribution in [0.2, 0.25) is 10.0 Å². The standard InChI is InChI=1S/C24H18Cl3FN2O2S/c25-16-10-9-14-20-15(23(29-24(14)21(16)26)12-5-7-13(28)8-6-12)11-19(22(20)27)33-18-4-2-1-3-17(18)30(31)32/h1-10,15,19-20,22-23,29H,11H2/t15-,19+,20+,22-,23-/m0/s1. The van der Waals surface area contributed by atoms with E-state index in [0.717, 1.165) is 23.2 Å². The molecular weight excluding hydrogens is 506 g/mol. The number of fused-ring (bicyclic) bond motifs is 3. The summed E-state index contributed by atoms with van der Waals surface area (Å²) in [6, 6.07) is 16.7. The molecule has 0 radical (unpaired) electrons. The van der Waals surface area contributed by atoms with Crippen molar-refractivity contribution in [1.82, 2.24) is 0 Å². The predicted molar refractivity (Wildman–Crippen MR) is 132 cm³/mol. The van der Waals surface area contributed by atoms with Gasteiger partial charge in [0.2, 0.25) is 0 Å². The molecule has 1 N–H and O–H groups in total. The smallest absolute Gasteiger partial charge is 0.282 e. The number of anilines is 1. The molecule has 33 heavy (non-hydrogen) atoms. The molecule has 5 rings (SSSR count). The first-order chi connectivity index (χ1) is 15.8. The normalized spacial score (nSPS) is 25.8. The fraction of sp³-hybridized carbons (Fsp3) is 0.250. The van der Waals surface area contributed by atoms with Crippen molar-refractivity contribution in [3.8, 4) is 0 Å². The molecule has 1 heterocycles. The zero-order valence-electron chi connectivity index (χ0n) is 17.1. The number of para-hydroxylation sites is 1. The van der Waals surface area contributed by atoms with Crippen molar-refractivity contribution in [3.63, 3.8) is 0 Å². The van der Waals surface area contributed by atoms with E-state index in [4.69, 9.17) is 34.8 Å². The molecule has 5 atom stereocenters. The van der Waals surface area contributed by atoms with E-state index in [9.17, 15) is 14.5 Å². The van der Waals surface area contributed by atoms with E-state index < -0.39 is 0 Å². The highest BCUT2D eigenvalue weighted by Gasteiger charge is 2.50. The first kappa shape index (κ1) is 22.8. The first-order valence-electron chi connectivity index (χ1n) is 10.4. The van der Waals surface area contributed by atoms with Gasteiger partial charge in [-0.3, -0.25) is 10.1 Å². The molecular formula is C24H18Cl3FN2O2S. The molecule has 1 fully saturated rings. The summed E-state index contributed by atoms with van der Waals surface area (Å²) in [5, 5.41) is 15.6. The fourth-order valence-corrected chi connectivity index (χ4v) is 7.32. The van der Waals surface area contributed by atoms with Crippen LogP contribution in [0, 0.1) is 21.8 Å². The molecule has 0 bridgehead atoms. The highest BCUT2D eigenvalue weighted by Crippen LogP contribution is 2.59. The Morgan fingerprint density at radius 1 is 1.06 bits per heavy atom. The minimum Gasteiger partial charge on any atom is -0.376 e. The van der Waals surface area contributed by atoms with Gasteiger partial charge in [-0.2, -0.15) is 0 Å². The summed E-state index contributed by atoms with van der Waals surface area (Å²) in [6.45, 7) is 0. The first-order valence-corrected chi connectivity index (χ1v) is 12.5. The predicted octanol–water partition coefficient (Wildman–Crippen LogP) is 8.08. The van der Waals surface area contributed by atoms with Gasteiger partial charge in [-0.15, -0.1) is 23.4 Å². The van der Waals surface area contributed by atoms with Crippen LogP contribution in [-0.2, 0) is 0 Å². The molecule has 1 aliphatic heterocycles. The molecule has 3 aromatic rings. The van der Waals surface area contributed by atoms with E-state index in [0.29, 0.717) is 14.9 Å². The Kier molecular flexibility index (Phi) is 6.21. The van der Waals surface area contributed by atoms with E-state index in [1.807, 2.05) is 6.07 Å². The number of alkyl halides is 1. The number of rotatable bonds is 4. The Hall–Kier alpha value is -1.99. The lowest BCUT2D eigenvalue weighted by molar-refractivity contribution is -0.387. The van der Waals surface area contributed by atoms with Gasteiger partial charge >= 0.3 is 0 Å². The van der Waals surface area contributed by atoms with E-state index in [-0.39, 0.29) is 44.9 Å². The molecule has 0 aromatic heterocycles. The van der Waals surface area contributed by atoms with Gasteiger partial charge in [0.25, 0.3) is 5.69 Å². The van der Waals surface area contributed by atoms with Gasteiger partial charge in [-0.1, -0.05) is 53.5 Å². The third-order valence-electron chi connectivity index (χ3n) is 6.45. The second-order valence-electron chi connectivity index (χ2n) is 8.25. The van der Waals surface area contributed by atoms with Crippen LogP contribution in [0.1, 0.15) is 29.5 Å². The summed E-state index contributed by atoms with van der Waals surface area (Å²) in [4.78, 5) is 11.7. The van der Waals surface area contributed by atoms with Crippen molar-refractivity contribution in [2.24, 2.45) is 5.92 Å². The Morgan fingerprint density at radius 3 is 2.52 bits per heavy atom. The van der Waals surface area contributed by atoms with Gasteiger partial charge in [-0.25, -0.2) is 4.39 Å². The van der Waals surface area contributed by atoms with Gasteiger partial charge in [0.15, 0.2) is 0 Å². The van der Waals surface area contributed by atoms with Crippen molar-refractivity contribution >= 4 is 57.9 Å². The van der Waals surface area contributed by atoms with E-state index in [1.165, 1.54) is 30.0 Å². The number of nitro groups is 1. The van der Waals surface area contributed by atoms with Crippen molar-refractivity contribution < 1.29 is 9.31 Å². The molecule has 4 nitrogen and oxygen atoms in total. The minimum atomic E-state index is -0.368. The molecule has 0 saturated heterocycles. The minimum absolute atomic E-state index is 0.0481. The topological polar surface area (TPSA) is 55.2 Å². The summed E-state index contributed by atoms with van der Waals surface area (Å²) in [7, 11) is 0. The number of hydrogen-bond acceptors (Lipinski definition) is 4. The lowest BCUT2D eigenvalue weighted by atomic mass is 9.77. The quantitative estimate of drug-likeness (QED) is 0.213. The van der Waals surface area contributed by atoms with Crippen LogP contribution in [-0.4, -0.2) is 15.6 Å². The van der Waals surface area contributed by atoms with Gasteiger partial charge in [-0.05, 0) is 47.7 Å². The molecule has 2 aliphatic rings. The average molecular weight is 524 g/mol. The van der Waals surface area contributed by atoms with Gasteiger partial charge in [0.05, 0.1) is 37.0 Å². The number of thioether (sulfide) groups is 1. The Bertz CT molecular complexity index is 1230. The summed E-state index contributed by atoms with van der Waals surface area (Å²) in [6.07, 6.45) is 0.726. The molecule has 1 aliphatic carbocycles. The average Bonchev–Trinajstić information content (AvgIpc) is 3.13. The third kappa shape index (κ3) is 4.08. The SMILES string of the molecule is O=[N+]([O-])c1ccccc1S[C@@H]1C[C@H]2[C@@H](c3ccc(Cl)c(Cl)c3N[C@H]2c2ccc(F)cc2)[C@H]1Cl. The van der Waals surface area contributed by atoms with Crippen molar-refractivity contribution in [2.45, 2.75) is 33.9 Å². The van der Waals surface area contributed by atoms with Crippen LogP contribution in [0.25, 0.3) is 0 Å². The molecule has 0 spiro atoms. The van der Waals surface area contributed by atoms with Crippen LogP contribution in [0.15, 0.2) is 65.6 Å². The van der Waals surface area contributed by atoms with Gasteiger partial charge in [0.1, 0.15) is 5.82 Å². The van der Waals surface area contributed by atoms with Gasteiger partial charge < -0.3 is 5.32 Å². The maximum Gasteiger partial charge on any atom is 0.282 e. The molecule has 1 saturated carbocycles. The Morgan fingerprint density at radius 2 is 1.79 bits per heavy atom. The lowest BCUT2D eigenvalue weighted by Gasteiger charge is -2.39. The number of nitrogens with zero attached hydrogens (tertiary/aromatic N) is 1. The zero-order valence-corrected chi connectivity index (χ0v) is 20.1. The number of nitrogens with one attached hydrogen (secondary N) is 1. The van der Waals surface area contributed by atoms with E-state index in [1.54, 1.807) is 36.4 Å². The number of benzene rings is 3. The number of hydrogen-bond donors (Lipinski definition) is 1. The molecule has 3 aromatic carbocycles. The van der Waals surface area contributed by atoms with Gasteiger partial charge in [0, 0.05) is 17.2 Å². The largest absolute Gasteiger partial charge is 0.376 e. The highest BCUT2D eigenvalue weighted by atomic mass is 35.5. The van der Waals surface area contributed by atoms with Crippen molar-refractivity contribution in [3.05, 3.63) is 97.8 Å². The van der Waals surface area contributed by atoms with Crippen LogP contribution in [0.4, 0.5) is 15.8 Å². The summed E-state index contributed by atoms with van der Waals surface area (Å²) < 4.78 is 13.6. The Balaban J connectivity index is 1.56. The zero-order chi connectivity index (χ0) is 23.3. The fourth-order valence-electron chi connectivity index (χ4n) is 4.99.